The Labute approximate surface area is 116 Å². The molecule has 0 aliphatic rings. The van der Waals surface area contributed by atoms with Crippen LogP contribution in [-0.2, 0) is 10.0 Å². The highest BCUT2D eigenvalue weighted by molar-refractivity contribution is 7.89. The fourth-order valence-electron chi connectivity index (χ4n) is 1.70. The van der Waals surface area contributed by atoms with E-state index in [2.05, 4.69) is 10.3 Å². The number of aromatic nitrogens is 1. The summed E-state index contributed by atoms with van der Waals surface area (Å²) in [4.78, 5) is 4.40. The van der Waals surface area contributed by atoms with Crippen molar-refractivity contribution in [3.63, 3.8) is 0 Å². The van der Waals surface area contributed by atoms with Crippen LogP contribution in [0.3, 0.4) is 0 Å². The normalized spacial score (nSPS) is 12.7. The number of pyridine rings is 1. The Balaban J connectivity index is 2.99. The molecule has 0 aliphatic carbocycles. The third-order valence-corrected chi connectivity index (χ3v) is 4.62. The zero-order valence-electron chi connectivity index (χ0n) is 12.3. The first-order chi connectivity index (χ1) is 8.70. The molecule has 108 valence electrons. The summed E-state index contributed by atoms with van der Waals surface area (Å²) < 4.78 is 25.9. The number of rotatable bonds is 5. The van der Waals surface area contributed by atoms with Crippen LogP contribution >= 0.6 is 0 Å². The summed E-state index contributed by atoms with van der Waals surface area (Å²) in [5.41, 5.74) is -0.105. The molecule has 0 aromatic carbocycles. The molecular formula is C13H23N3O2S. The van der Waals surface area contributed by atoms with Gasteiger partial charge >= 0.3 is 0 Å². The molecule has 19 heavy (non-hydrogen) atoms. The van der Waals surface area contributed by atoms with Crippen LogP contribution in [0.4, 0.5) is 5.82 Å². The van der Waals surface area contributed by atoms with Gasteiger partial charge in [0.1, 0.15) is 10.7 Å². The van der Waals surface area contributed by atoms with Crippen LogP contribution in [0.2, 0.25) is 0 Å². The van der Waals surface area contributed by atoms with E-state index in [9.17, 15) is 8.42 Å². The molecule has 0 bridgehead atoms. The van der Waals surface area contributed by atoms with Crippen LogP contribution in [0.25, 0.3) is 0 Å². The zero-order valence-corrected chi connectivity index (χ0v) is 13.1. The summed E-state index contributed by atoms with van der Waals surface area (Å²) in [5.74, 6) is 0.672. The number of sulfonamides is 1. The molecule has 1 aromatic rings. The lowest BCUT2D eigenvalue weighted by molar-refractivity contribution is 0.445. The maximum absolute atomic E-state index is 12.3. The van der Waals surface area contributed by atoms with Gasteiger partial charge in [-0.15, -0.1) is 0 Å². The predicted molar refractivity (Wildman–Crippen MR) is 77.7 cm³/mol. The number of hydrogen-bond donors (Lipinski definition) is 1. The standard InChI is InChI=1S/C13H23N3O2S/c1-6-16(7-2)19(17,18)11-8-9-12(14-10-11)15-13(3,4)5/h8-10H,6-7H2,1-5H3,(H,14,15). The highest BCUT2D eigenvalue weighted by atomic mass is 32.2. The Morgan fingerprint density at radius 2 is 1.79 bits per heavy atom. The minimum atomic E-state index is -3.42. The maximum atomic E-state index is 12.3. The lowest BCUT2D eigenvalue weighted by Gasteiger charge is -2.22. The first kappa shape index (κ1) is 15.9. The largest absolute Gasteiger partial charge is 0.365 e. The fraction of sp³-hybridized carbons (Fsp3) is 0.615. The average molecular weight is 285 g/mol. The molecule has 0 saturated carbocycles. The molecular weight excluding hydrogens is 262 g/mol. The topological polar surface area (TPSA) is 62.3 Å². The smallest absolute Gasteiger partial charge is 0.244 e. The average Bonchev–Trinajstić information content (AvgIpc) is 2.28. The van der Waals surface area contributed by atoms with Gasteiger partial charge in [0, 0.05) is 24.8 Å². The van der Waals surface area contributed by atoms with E-state index in [1.807, 2.05) is 34.6 Å². The molecule has 6 heteroatoms. The van der Waals surface area contributed by atoms with E-state index in [0.717, 1.165) is 0 Å². The maximum Gasteiger partial charge on any atom is 0.244 e. The number of nitrogens with zero attached hydrogens (tertiary/aromatic N) is 2. The van der Waals surface area contributed by atoms with Crippen molar-refractivity contribution in [1.29, 1.82) is 0 Å². The molecule has 1 rings (SSSR count). The van der Waals surface area contributed by atoms with Gasteiger partial charge in [0.25, 0.3) is 0 Å². The van der Waals surface area contributed by atoms with E-state index in [-0.39, 0.29) is 10.4 Å². The van der Waals surface area contributed by atoms with Crippen molar-refractivity contribution in [3.05, 3.63) is 18.3 Å². The van der Waals surface area contributed by atoms with Crippen molar-refractivity contribution in [2.24, 2.45) is 0 Å². The van der Waals surface area contributed by atoms with E-state index >= 15 is 0 Å². The molecule has 0 saturated heterocycles. The van der Waals surface area contributed by atoms with Gasteiger partial charge in [-0.05, 0) is 32.9 Å². The highest BCUT2D eigenvalue weighted by Gasteiger charge is 2.22. The summed E-state index contributed by atoms with van der Waals surface area (Å²) in [5, 5.41) is 3.20. The van der Waals surface area contributed by atoms with Crippen molar-refractivity contribution >= 4 is 15.8 Å². The van der Waals surface area contributed by atoms with Gasteiger partial charge < -0.3 is 5.32 Å². The summed E-state index contributed by atoms with van der Waals surface area (Å²) in [6.07, 6.45) is 1.40. The van der Waals surface area contributed by atoms with Crippen molar-refractivity contribution in [2.75, 3.05) is 18.4 Å². The van der Waals surface area contributed by atoms with Gasteiger partial charge in [-0.25, -0.2) is 13.4 Å². The Bertz CT molecular complexity index is 500. The van der Waals surface area contributed by atoms with Gasteiger partial charge in [-0.3, -0.25) is 0 Å². The van der Waals surface area contributed by atoms with Crippen LogP contribution in [0.15, 0.2) is 23.2 Å². The molecule has 0 fully saturated rings. The molecule has 1 aromatic heterocycles. The van der Waals surface area contributed by atoms with Crippen LogP contribution in [0.1, 0.15) is 34.6 Å². The van der Waals surface area contributed by atoms with Crippen LogP contribution in [0.5, 0.6) is 0 Å². The zero-order chi connectivity index (χ0) is 14.7. The summed E-state index contributed by atoms with van der Waals surface area (Å²) in [6.45, 7) is 10.6. The molecule has 1 heterocycles. The molecule has 0 radical (unpaired) electrons. The quantitative estimate of drug-likeness (QED) is 0.902. The molecule has 0 spiro atoms. The molecule has 0 atom stereocenters. The highest BCUT2D eigenvalue weighted by Crippen LogP contribution is 2.17. The molecule has 0 amide bonds. The van der Waals surface area contributed by atoms with Crippen molar-refractivity contribution in [2.45, 2.75) is 45.1 Å². The van der Waals surface area contributed by atoms with Gasteiger partial charge in [0.05, 0.1) is 0 Å². The van der Waals surface area contributed by atoms with E-state index in [0.29, 0.717) is 18.9 Å². The molecule has 5 nitrogen and oxygen atoms in total. The molecule has 0 unspecified atom stereocenters. The first-order valence-corrected chi connectivity index (χ1v) is 7.89. The van der Waals surface area contributed by atoms with Crippen LogP contribution in [0, 0.1) is 0 Å². The van der Waals surface area contributed by atoms with Crippen molar-refractivity contribution in [3.8, 4) is 0 Å². The Kier molecular flexibility index (Phi) is 4.92. The number of anilines is 1. The minimum Gasteiger partial charge on any atom is -0.365 e. The van der Waals surface area contributed by atoms with Gasteiger partial charge in [0.15, 0.2) is 0 Å². The number of hydrogen-bond acceptors (Lipinski definition) is 4. The third-order valence-electron chi connectivity index (χ3n) is 2.58. The van der Waals surface area contributed by atoms with Crippen molar-refractivity contribution < 1.29 is 8.42 Å². The van der Waals surface area contributed by atoms with E-state index in [1.165, 1.54) is 10.5 Å². The summed E-state index contributed by atoms with van der Waals surface area (Å²) in [7, 11) is -3.42. The van der Waals surface area contributed by atoms with Crippen molar-refractivity contribution in [1.82, 2.24) is 9.29 Å². The Morgan fingerprint density at radius 3 is 2.16 bits per heavy atom. The monoisotopic (exact) mass is 285 g/mol. The molecule has 0 aliphatic heterocycles. The van der Waals surface area contributed by atoms with Gasteiger partial charge in [0.2, 0.25) is 10.0 Å². The second-order valence-electron chi connectivity index (χ2n) is 5.34. The Morgan fingerprint density at radius 1 is 1.21 bits per heavy atom. The SMILES string of the molecule is CCN(CC)S(=O)(=O)c1ccc(NC(C)(C)C)nc1. The second-order valence-corrected chi connectivity index (χ2v) is 7.28. The summed E-state index contributed by atoms with van der Waals surface area (Å²) in [6, 6.07) is 3.29. The van der Waals surface area contributed by atoms with Gasteiger partial charge in [-0.2, -0.15) is 4.31 Å². The Hall–Kier alpha value is -1.14. The minimum absolute atomic E-state index is 0.105. The predicted octanol–water partition coefficient (Wildman–Crippen LogP) is 2.32. The van der Waals surface area contributed by atoms with E-state index in [1.54, 1.807) is 12.1 Å². The lowest BCUT2D eigenvalue weighted by atomic mass is 10.1. The van der Waals surface area contributed by atoms with E-state index < -0.39 is 10.0 Å². The first-order valence-electron chi connectivity index (χ1n) is 6.45. The summed E-state index contributed by atoms with van der Waals surface area (Å²) >= 11 is 0. The van der Waals surface area contributed by atoms with Crippen LogP contribution < -0.4 is 5.32 Å². The van der Waals surface area contributed by atoms with E-state index in [4.69, 9.17) is 0 Å². The fourth-order valence-corrected chi connectivity index (χ4v) is 3.11. The third kappa shape index (κ3) is 4.18. The number of nitrogens with one attached hydrogen (secondary N) is 1. The lowest BCUT2D eigenvalue weighted by Crippen LogP contribution is -2.31. The molecule has 1 N–H and O–H groups in total. The van der Waals surface area contributed by atoms with Crippen LogP contribution in [-0.4, -0.2) is 36.3 Å². The second kappa shape index (κ2) is 5.88. The van der Waals surface area contributed by atoms with Gasteiger partial charge in [-0.1, -0.05) is 13.8 Å².